The number of carbonyl (C=O) groups excluding carboxylic acids is 1. The first-order chi connectivity index (χ1) is 13.5. The van der Waals surface area contributed by atoms with Crippen molar-refractivity contribution in [2.45, 2.75) is 51.5 Å². The highest BCUT2D eigenvalue weighted by Gasteiger charge is 2.26. The molecule has 2 fully saturated rings. The fourth-order valence-electron chi connectivity index (χ4n) is 3.71. The van der Waals surface area contributed by atoms with Gasteiger partial charge in [-0.1, -0.05) is 12.1 Å². The molecule has 162 valence electrons. The van der Waals surface area contributed by atoms with E-state index in [0.717, 1.165) is 37.5 Å². The number of aliphatic imine (C=N–C) groups is 1. The summed E-state index contributed by atoms with van der Waals surface area (Å²) in [6.07, 6.45) is 2.65. The van der Waals surface area contributed by atoms with Gasteiger partial charge in [-0.15, -0.1) is 24.0 Å². The van der Waals surface area contributed by atoms with Crippen LogP contribution in [0.25, 0.3) is 0 Å². The van der Waals surface area contributed by atoms with Gasteiger partial charge in [0.2, 0.25) is 0 Å². The number of morpholine rings is 1. The fraction of sp³-hybridized carbons (Fsp3) is 0.619. The van der Waals surface area contributed by atoms with Gasteiger partial charge in [0.05, 0.1) is 18.3 Å². The number of halogens is 1. The first-order valence-corrected chi connectivity index (χ1v) is 10.1. The summed E-state index contributed by atoms with van der Waals surface area (Å²) in [5.74, 6) is 0.822. The molecule has 0 saturated carbocycles. The lowest BCUT2D eigenvalue weighted by Crippen LogP contribution is -2.48. The summed E-state index contributed by atoms with van der Waals surface area (Å²) in [7, 11) is 1.76. The molecule has 2 saturated heterocycles. The molecule has 0 aliphatic carbocycles. The topological polar surface area (TPSA) is 75.2 Å². The van der Waals surface area contributed by atoms with Gasteiger partial charge in [0.15, 0.2) is 5.96 Å². The first-order valence-electron chi connectivity index (χ1n) is 10.1. The van der Waals surface area contributed by atoms with Crippen molar-refractivity contribution in [3.8, 4) is 0 Å². The highest BCUT2D eigenvalue weighted by molar-refractivity contribution is 14.0. The van der Waals surface area contributed by atoms with Crippen LogP contribution in [0.2, 0.25) is 0 Å². The molecule has 2 aliphatic heterocycles. The van der Waals surface area contributed by atoms with Gasteiger partial charge >= 0.3 is 0 Å². The predicted octanol–water partition coefficient (Wildman–Crippen LogP) is 2.40. The molecule has 3 rings (SSSR count). The summed E-state index contributed by atoms with van der Waals surface area (Å²) >= 11 is 0. The smallest absolute Gasteiger partial charge is 0.254 e. The Kier molecular flexibility index (Phi) is 9.64. The zero-order chi connectivity index (χ0) is 19.9. The molecule has 0 spiro atoms. The number of nitrogens with one attached hydrogen (secondary N) is 2. The number of guanidine groups is 1. The Morgan fingerprint density at radius 2 is 1.86 bits per heavy atom. The van der Waals surface area contributed by atoms with Crippen molar-refractivity contribution in [3.63, 3.8) is 0 Å². The van der Waals surface area contributed by atoms with Crippen LogP contribution in [0, 0.1) is 0 Å². The standard InChI is InChI=1S/C21H32N4O3.HI/c1-15-13-25(14-16(2)28-15)20(26)18-8-6-17(7-9-18)11-23-21(22-3)24-12-19-5-4-10-27-19;/h6-9,15-16,19H,4-5,10-14H2,1-3H3,(H2,22,23,24);1H. The number of nitrogens with zero attached hydrogens (tertiary/aromatic N) is 2. The van der Waals surface area contributed by atoms with Crippen LogP contribution in [-0.4, -0.2) is 68.4 Å². The van der Waals surface area contributed by atoms with E-state index in [1.807, 2.05) is 43.0 Å². The average Bonchev–Trinajstić information content (AvgIpc) is 3.21. The second-order valence-corrected chi connectivity index (χ2v) is 7.61. The van der Waals surface area contributed by atoms with E-state index in [1.165, 1.54) is 0 Å². The summed E-state index contributed by atoms with van der Waals surface area (Å²) in [6, 6.07) is 7.77. The van der Waals surface area contributed by atoms with E-state index in [2.05, 4.69) is 15.6 Å². The minimum absolute atomic E-state index is 0. The van der Waals surface area contributed by atoms with Crippen molar-refractivity contribution in [2.75, 3.05) is 33.3 Å². The van der Waals surface area contributed by atoms with E-state index in [0.29, 0.717) is 25.2 Å². The Morgan fingerprint density at radius 3 is 2.45 bits per heavy atom. The molecular weight excluding hydrogens is 483 g/mol. The van der Waals surface area contributed by atoms with Crippen LogP contribution in [0.15, 0.2) is 29.3 Å². The highest BCUT2D eigenvalue weighted by atomic mass is 127. The minimum Gasteiger partial charge on any atom is -0.376 e. The number of rotatable bonds is 5. The van der Waals surface area contributed by atoms with Crippen molar-refractivity contribution in [2.24, 2.45) is 4.99 Å². The van der Waals surface area contributed by atoms with Gasteiger partial charge in [0.1, 0.15) is 0 Å². The summed E-state index contributed by atoms with van der Waals surface area (Å²) in [6.45, 7) is 7.55. The molecule has 0 radical (unpaired) electrons. The third-order valence-corrected chi connectivity index (χ3v) is 5.11. The quantitative estimate of drug-likeness (QED) is 0.357. The molecule has 7 nitrogen and oxygen atoms in total. The van der Waals surface area contributed by atoms with Gasteiger partial charge < -0.3 is 25.0 Å². The molecule has 2 heterocycles. The van der Waals surface area contributed by atoms with E-state index in [1.54, 1.807) is 7.05 Å². The second-order valence-electron chi connectivity index (χ2n) is 7.61. The number of hydrogen-bond donors (Lipinski definition) is 2. The Morgan fingerprint density at radius 1 is 1.17 bits per heavy atom. The highest BCUT2D eigenvalue weighted by Crippen LogP contribution is 2.15. The zero-order valence-corrected chi connectivity index (χ0v) is 19.8. The summed E-state index contributed by atoms with van der Waals surface area (Å²) in [5.41, 5.74) is 1.81. The SMILES string of the molecule is CN=C(NCc1ccc(C(=O)N2CC(C)OC(C)C2)cc1)NCC1CCCO1.I. The summed E-state index contributed by atoms with van der Waals surface area (Å²) < 4.78 is 11.3. The molecule has 1 aromatic rings. The van der Waals surface area contributed by atoms with Gasteiger partial charge in [-0.25, -0.2) is 0 Å². The second kappa shape index (κ2) is 11.7. The Bertz CT molecular complexity index is 667. The third kappa shape index (κ3) is 7.11. The molecule has 3 unspecified atom stereocenters. The Hall–Kier alpha value is -1.39. The van der Waals surface area contributed by atoms with E-state index in [4.69, 9.17) is 9.47 Å². The van der Waals surface area contributed by atoms with Crippen LogP contribution in [0.5, 0.6) is 0 Å². The molecule has 1 aromatic carbocycles. The molecule has 8 heteroatoms. The van der Waals surface area contributed by atoms with Crippen LogP contribution in [-0.2, 0) is 16.0 Å². The number of carbonyl (C=O) groups is 1. The maximum Gasteiger partial charge on any atom is 0.254 e. The van der Waals surface area contributed by atoms with Crippen molar-refractivity contribution in [3.05, 3.63) is 35.4 Å². The molecule has 29 heavy (non-hydrogen) atoms. The molecular formula is C21H33IN4O3. The maximum absolute atomic E-state index is 12.7. The van der Waals surface area contributed by atoms with Crippen LogP contribution in [0.4, 0.5) is 0 Å². The Labute approximate surface area is 190 Å². The van der Waals surface area contributed by atoms with Gasteiger partial charge in [0.25, 0.3) is 5.91 Å². The van der Waals surface area contributed by atoms with Crippen molar-refractivity contribution >= 4 is 35.8 Å². The van der Waals surface area contributed by atoms with Crippen LogP contribution in [0.1, 0.15) is 42.6 Å². The normalized spacial score (nSPS) is 24.7. The molecule has 0 aromatic heterocycles. The lowest BCUT2D eigenvalue weighted by atomic mass is 10.1. The lowest BCUT2D eigenvalue weighted by Gasteiger charge is -2.35. The molecule has 1 amide bonds. The van der Waals surface area contributed by atoms with E-state index < -0.39 is 0 Å². The fourth-order valence-corrected chi connectivity index (χ4v) is 3.71. The lowest BCUT2D eigenvalue weighted by molar-refractivity contribution is -0.0586. The number of ether oxygens (including phenoxy) is 2. The third-order valence-electron chi connectivity index (χ3n) is 5.11. The largest absolute Gasteiger partial charge is 0.376 e. The van der Waals surface area contributed by atoms with E-state index in [-0.39, 0.29) is 48.2 Å². The molecule has 2 N–H and O–H groups in total. The monoisotopic (exact) mass is 516 g/mol. The average molecular weight is 516 g/mol. The molecule has 0 bridgehead atoms. The summed E-state index contributed by atoms with van der Waals surface area (Å²) in [5, 5.41) is 6.61. The van der Waals surface area contributed by atoms with Crippen molar-refractivity contribution in [1.29, 1.82) is 0 Å². The van der Waals surface area contributed by atoms with E-state index >= 15 is 0 Å². The van der Waals surface area contributed by atoms with Crippen LogP contribution < -0.4 is 10.6 Å². The predicted molar refractivity (Wildman–Crippen MR) is 125 cm³/mol. The van der Waals surface area contributed by atoms with Gasteiger partial charge in [-0.2, -0.15) is 0 Å². The molecule has 2 aliphatic rings. The van der Waals surface area contributed by atoms with Crippen LogP contribution >= 0.6 is 24.0 Å². The van der Waals surface area contributed by atoms with Gasteiger partial charge in [-0.05, 0) is 44.4 Å². The van der Waals surface area contributed by atoms with E-state index in [9.17, 15) is 4.79 Å². The number of amides is 1. The maximum atomic E-state index is 12.7. The van der Waals surface area contributed by atoms with Crippen molar-refractivity contribution in [1.82, 2.24) is 15.5 Å². The summed E-state index contributed by atoms with van der Waals surface area (Å²) in [4.78, 5) is 18.9. The Balaban J connectivity index is 0.00000300. The first kappa shape index (κ1) is 23.9. The molecule has 3 atom stereocenters. The van der Waals surface area contributed by atoms with Gasteiger partial charge in [0, 0.05) is 45.4 Å². The van der Waals surface area contributed by atoms with Gasteiger partial charge in [-0.3, -0.25) is 9.79 Å². The zero-order valence-electron chi connectivity index (χ0n) is 17.5. The van der Waals surface area contributed by atoms with Crippen molar-refractivity contribution < 1.29 is 14.3 Å². The number of benzene rings is 1. The number of hydrogen-bond acceptors (Lipinski definition) is 4. The van der Waals surface area contributed by atoms with Crippen LogP contribution in [0.3, 0.4) is 0 Å². The minimum atomic E-state index is 0.